The van der Waals surface area contributed by atoms with Gasteiger partial charge in [0, 0.05) is 10.9 Å². The average Bonchev–Trinajstić information content (AvgIpc) is 2.45. The van der Waals surface area contributed by atoms with Crippen LogP contribution in [-0.2, 0) is 17.6 Å². The molecular weight excluding hydrogens is 260 g/mol. The first-order valence-electron chi connectivity index (χ1n) is 6.05. The van der Waals surface area contributed by atoms with Gasteiger partial charge in [0.1, 0.15) is 17.9 Å². The maximum absolute atomic E-state index is 8.97. The van der Waals surface area contributed by atoms with Crippen LogP contribution in [0.4, 0.5) is 0 Å². The molecule has 0 aromatic heterocycles. The van der Waals surface area contributed by atoms with Crippen molar-refractivity contribution in [2.75, 3.05) is 7.11 Å². The molecule has 1 aromatic rings. The summed E-state index contributed by atoms with van der Waals surface area (Å²) in [6, 6.07) is 9.69. The highest BCUT2D eigenvalue weighted by atomic mass is 35.5. The number of fused-ring (bicyclic) bond motifs is 1. The number of nitrogens with zero attached hydrogens (tertiary/aromatic N) is 2. The van der Waals surface area contributed by atoms with Crippen LogP contribution in [-0.4, -0.2) is 7.11 Å². The lowest BCUT2D eigenvalue weighted by Crippen LogP contribution is -2.18. The maximum Gasteiger partial charge on any atom is 0.167 e. The topological polar surface area (TPSA) is 56.8 Å². The predicted octanol–water partition coefficient (Wildman–Crippen LogP) is 3.39. The fourth-order valence-electron chi connectivity index (χ4n) is 2.58. The highest BCUT2D eigenvalue weighted by Gasteiger charge is 2.26. The van der Waals surface area contributed by atoms with E-state index in [0.29, 0.717) is 12.2 Å². The number of methoxy groups -OCH3 is 1. The highest BCUT2D eigenvalue weighted by molar-refractivity contribution is 6.31. The fourth-order valence-corrected chi connectivity index (χ4v) is 2.85. The van der Waals surface area contributed by atoms with Gasteiger partial charge in [-0.25, -0.2) is 0 Å². The van der Waals surface area contributed by atoms with Crippen LogP contribution in [0.1, 0.15) is 17.5 Å². The Balaban J connectivity index is 2.37. The number of ether oxygens (including phenoxy) is 1. The minimum atomic E-state index is 0.0479. The Labute approximate surface area is 117 Å². The third kappa shape index (κ3) is 2.57. The molecule has 0 heterocycles. The second kappa shape index (κ2) is 5.78. The summed E-state index contributed by atoms with van der Waals surface area (Å²) in [5, 5.41) is 18.7. The Hall–Kier alpha value is -1.97. The van der Waals surface area contributed by atoms with E-state index in [9.17, 15) is 0 Å². The first kappa shape index (κ1) is 13.5. The zero-order valence-corrected chi connectivity index (χ0v) is 11.4. The predicted molar refractivity (Wildman–Crippen MR) is 72.2 cm³/mol. The number of halogens is 1. The summed E-state index contributed by atoms with van der Waals surface area (Å²) >= 11 is 6.22. The largest absolute Gasteiger partial charge is 0.499 e. The molecule has 0 spiro atoms. The van der Waals surface area contributed by atoms with Gasteiger partial charge in [0.15, 0.2) is 5.57 Å². The van der Waals surface area contributed by atoms with Crippen LogP contribution < -0.4 is 0 Å². The third-order valence-electron chi connectivity index (χ3n) is 3.49. The van der Waals surface area contributed by atoms with E-state index in [1.165, 1.54) is 12.7 Å². The summed E-state index contributed by atoms with van der Waals surface area (Å²) in [7, 11) is 1.51. The van der Waals surface area contributed by atoms with E-state index in [2.05, 4.69) is 6.07 Å². The molecule has 1 unspecified atom stereocenters. The van der Waals surface area contributed by atoms with E-state index in [4.69, 9.17) is 26.9 Å². The molecule has 0 aliphatic heterocycles. The lowest BCUT2D eigenvalue weighted by atomic mass is 9.82. The third-order valence-corrected chi connectivity index (χ3v) is 3.84. The molecule has 3 nitrogen and oxygen atoms in total. The van der Waals surface area contributed by atoms with Crippen molar-refractivity contribution >= 4 is 11.6 Å². The molecule has 0 saturated heterocycles. The van der Waals surface area contributed by atoms with E-state index in [1.54, 1.807) is 0 Å². The van der Waals surface area contributed by atoms with Gasteiger partial charge in [0.05, 0.1) is 7.11 Å². The van der Waals surface area contributed by atoms with Crippen LogP contribution in [0.25, 0.3) is 0 Å². The van der Waals surface area contributed by atoms with Gasteiger partial charge < -0.3 is 4.74 Å². The van der Waals surface area contributed by atoms with Gasteiger partial charge in [-0.05, 0) is 36.5 Å². The summed E-state index contributed by atoms with van der Waals surface area (Å²) in [5.74, 6) is 0.530. The molecule has 0 bridgehead atoms. The molecule has 0 fully saturated rings. The van der Waals surface area contributed by atoms with Crippen molar-refractivity contribution < 1.29 is 4.74 Å². The van der Waals surface area contributed by atoms with E-state index < -0.39 is 0 Å². The fraction of sp³-hybridized carbons (Fsp3) is 0.333. The minimum Gasteiger partial charge on any atom is -0.499 e. The number of nitriles is 2. The molecule has 1 aromatic carbocycles. The molecule has 1 aliphatic carbocycles. The number of benzene rings is 1. The van der Waals surface area contributed by atoms with E-state index in [1.807, 2.05) is 24.3 Å². The zero-order valence-electron chi connectivity index (χ0n) is 10.6. The van der Waals surface area contributed by atoms with Crippen molar-refractivity contribution in [1.29, 1.82) is 10.5 Å². The van der Waals surface area contributed by atoms with Gasteiger partial charge >= 0.3 is 0 Å². The Kier molecular flexibility index (Phi) is 4.10. The van der Waals surface area contributed by atoms with Gasteiger partial charge in [-0.2, -0.15) is 10.5 Å². The van der Waals surface area contributed by atoms with Gasteiger partial charge in [0.25, 0.3) is 0 Å². The SMILES string of the molecule is COC(=C(C#N)C#N)C1CCc2cccc(Cl)c2C1. The van der Waals surface area contributed by atoms with Crippen LogP contribution in [0.5, 0.6) is 0 Å². The molecule has 0 saturated carbocycles. The molecule has 0 N–H and O–H groups in total. The van der Waals surface area contributed by atoms with Crippen LogP contribution in [0.3, 0.4) is 0 Å². The first-order valence-corrected chi connectivity index (χ1v) is 6.43. The smallest absolute Gasteiger partial charge is 0.167 e. The van der Waals surface area contributed by atoms with Crippen LogP contribution in [0.2, 0.25) is 5.02 Å². The normalized spacial score (nSPS) is 16.7. The molecule has 96 valence electrons. The lowest BCUT2D eigenvalue weighted by Gasteiger charge is -2.26. The molecule has 0 amide bonds. The average molecular weight is 273 g/mol. The molecule has 0 radical (unpaired) electrons. The molecule has 4 heteroatoms. The van der Waals surface area contributed by atoms with Gasteiger partial charge in [0.2, 0.25) is 0 Å². The van der Waals surface area contributed by atoms with Crippen LogP contribution >= 0.6 is 11.6 Å². The van der Waals surface area contributed by atoms with Gasteiger partial charge in [-0.1, -0.05) is 23.7 Å². The summed E-state index contributed by atoms with van der Waals surface area (Å²) in [4.78, 5) is 0. The minimum absolute atomic E-state index is 0.0479. The summed E-state index contributed by atoms with van der Waals surface area (Å²) in [6.07, 6.45) is 2.46. The second-order valence-electron chi connectivity index (χ2n) is 4.48. The Bertz CT molecular complexity index is 592. The number of allylic oxidation sites excluding steroid dienone is 2. The van der Waals surface area contributed by atoms with Crippen molar-refractivity contribution in [2.45, 2.75) is 19.3 Å². The first-order chi connectivity index (χ1) is 9.21. The molecular formula is C15H13ClN2O. The van der Waals surface area contributed by atoms with E-state index in [0.717, 1.165) is 23.4 Å². The van der Waals surface area contributed by atoms with Crippen LogP contribution in [0, 0.1) is 28.6 Å². The summed E-state index contributed by atoms with van der Waals surface area (Å²) in [5.41, 5.74) is 2.41. The quantitative estimate of drug-likeness (QED) is 0.612. The zero-order chi connectivity index (χ0) is 13.8. The number of hydrogen-bond acceptors (Lipinski definition) is 3. The number of hydrogen-bond donors (Lipinski definition) is 0. The van der Waals surface area contributed by atoms with Crippen molar-refractivity contribution in [3.8, 4) is 12.1 Å². The Morgan fingerprint density at radius 3 is 2.74 bits per heavy atom. The Morgan fingerprint density at radius 2 is 2.11 bits per heavy atom. The molecule has 1 aliphatic rings. The highest BCUT2D eigenvalue weighted by Crippen LogP contribution is 2.35. The Morgan fingerprint density at radius 1 is 1.37 bits per heavy atom. The number of rotatable bonds is 2. The van der Waals surface area contributed by atoms with Crippen molar-refractivity contribution in [3.05, 3.63) is 45.7 Å². The van der Waals surface area contributed by atoms with Gasteiger partial charge in [-0.15, -0.1) is 0 Å². The second-order valence-corrected chi connectivity index (χ2v) is 4.89. The monoisotopic (exact) mass is 272 g/mol. The van der Waals surface area contributed by atoms with E-state index >= 15 is 0 Å². The number of aryl methyl sites for hydroxylation is 1. The van der Waals surface area contributed by atoms with Gasteiger partial charge in [-0.3, -0.25) is 0 Å². The molecule has 1 atom stereocenters. The molecule has 2 rings (SSSR count). The maximum atomic E-state index is 8.97. The summed E-state index contributed by atoms with van der Waals surface area (Å²) < 4.78 is 5.28. The summed E-state index contributed by atoms with van der Waals surface area (Å²) in [6.45, 7) is 0. The van der Waals surface area contributed by atoms with Crippen molar-refractivity contribution in [3.63, 3.8) is 0 Å². The van der Waals surface area contributed by atoms with Crippen molar-refractivity contribution in [1.82, 2.24) is 0 Å². The van der Waals surface area contributed by atoms with Crippen molar-refractivity contribution in [2.24, 2.45) is 5.92 Å². The lowest BCUT2D eigenvalue weighted by molar-refractivity contribution is 0.229. The standard InChI is InChI=1S/C15H13ClN2O/c1-19-15(12(8-17)9-18)11-6-5-10-3-2-4-14(16)13(10)7-11/h2-4,11H,5-7H2,1H3. The van der Waals surface area contributed by atoms with Crippen LogP contribution in [0.15, 0.2) is 29.5 Å². The molecule has 19 heavy (non-hydrogen) atoms. The van der Waals surface area contributed by atoms with E-state index in [-0.39, 0.29) is 11.5 Å².